The summed E-state index contributed by atoms with van der Waals surface area (Å²) in [6.45, 7) is 0. The van der Waals surface area contributed by atoms with Crippen LogP contribution in [0, 0.1) is 0 Å². The molecule has 1 heterocycles. The molecule has 0 aliphatic heterocycles. The summed E-state index contributed by atoms with van der Waals surface area (Å²) in [6.07, 6.45) is 2.59. The highest BCUT2D eigenvalue weighted by molar-refractivity contribution is 9.10. The van der Waals surface area contributed by atoms with Crippen molar-refractivity contribution in [3.05, 3.63) is 40.4 Å². The summed E-state index contributed by atoms with van der Waals surface area (Å²) < 4.78 is 13.0. The summed E-state index contributed by atoms with van der Waals surface area (Å²) in [4.78, 5) is 4.15. The van der Waals surface area contributed by atoms with Crippen LogP contribution in [0.2, 0.25) is 0 Å². The van der Waals surface area contributed by atoms with E-state index in [-0.39, 0.29) is 0 Å². The molecule has 5 nitrogen and oxygen atoms in total. The molecule has 19 heavy (non-hydrogen) atoms. The standard InChI is InChI=1S/C13H15BrN2O3/c1-16-5-4-15-13(16)12(17)8-6-10(18-2)11(19-3)7-9(8)14/h4-7,12,17H,1-3H3. The number of ether oxygens (including phenoxy) is 2. The highest BCUT2D eigenvalue weighted by atomic mass is 79.9. The van der Waals surface area contributed by atoms with Gasteiger partial charge in [-0.2, -0.15) is 0 Å². The molecule has 0 aliphatic rings. The maximum absolute atomic E-state index is 10.4. The number of methoxy groups -OCH3 is 2. The number of rotatable bonds is 4. The first kappa shape index (κ1) is 13.9. The van der Waals surface area contributed by atoms with E-state index in [2.05, 4.69) is 20.9 Å². The fourth-order valence-electron chi connectivity index (χ4n) is 1.86. The first-order chi connectivity index (χ1) is 9.08. The first-order valence-electron chi connectivity index (χ1n) is 5.65. The molecular weight excluding hydrogens is 312 g/mol. The lowest BCUT2D eigenvalue weighted by Gasteiger charge is -2.16. The van der Waals surface area contributed by atoms with Crippen LogP contribution >= 0.6 is 15.9 Å². The van der Waals surface area contributed by atoms with Gasteiger partial charge in [-0.05, 0) is 12.1 Å². The molecule has 6 heteroatoms. The van der Waals surface area contributed by atoms with Crippen LogP contribution in [0.15, 0.2) is 29.0 Å². The fourth-order valence-corrected chi connectivity index (χ4v) is 2.40. The second-order valence-corrected chi connectivity index (χ2v) is 4.88. The Labute approximate surface area is 119 Å². The van der Waals surface area contributed by atoms with Gasteiger partial charge >= 0.3 is 0 Å². The van der Waals surface area contributed by atoms with Crippen LogP contribution in [0.25, 0.3) is 0 Å². The lowest BCUT2D eigenvalue weighted by Crippen LogP contribution is -2.08. The average Bonchev–Trinajstić information content (AvgIpc) is 2.83. The van der Waals surface area contributed by atoms with E-state index in [0.717, 1.165) is 4.47 Å². The van der Waals surface area contributed by atoms with Crippen LogP contribution in [-0.4, -0.2) is 28.9 Å². The summed E-state index contributed by atoms with van der Waals surface area (Å²) >= 11 is 3.43. The van der Waals surface area contributed by atoms with Crippen molar-refractivity contribution in [2.24, 2.45) is 7.05 Å². The Kier molecular flexibility index (Phi) is 4.11. The molecule has 2 rings (SSSR count). The third-order valence-corrected chi connectivity index (χ3v) is 3.59. The Bertz CT molecular complexity index is 583. The minimum Gasteiger partial charge on any atom is -0.493 e. The molecule has 0 saturated carbocycles. The Morgan fingerprint density at radius 3 is 2.42 bits per heavy atom. The average molecular weight is 327 g/mol. The van der Waals surface area contributed by atoms with Crippen LogP contribution in [0.4, 0.5) is 0 Å². The van der Waals surface area contributed by atoms with Crippen molar-refractivity contribution >= 4 is 15.9 Å². The van der Waals surface area contributed by atoms with Crippen molar-refractivity contribution in [1.82, 2.24) is 9.55 Å². The smallest absolute Gasteiger partial charge is 0.161 e. The van der Waals surface area contributed by atoms with Gasteiger partial charge in [-0.25, -0.2) is 4.98 Å². The number of hydrogen-bond acceptors (Lipinski definition) is 4. The SMILES string of the molecule is COc1cc(Br)c(C(O)c2nccn2C)cc1OC. The number of benzene rings is 1. The van der Waals surface area contributed by atoms with E-state index < -0.39 is 6.10 Å². The zero-order valence-corrected chi connectivity index (χ0v) is 12.5. The molecular formula is C13H15BrN2O3. The Hall–Kier alpha value is -1.53. The van der Waals surface area contributed by atoms with E-state index >= 15 is 0 Å². The van der Waals surface area contributed by atoms with Gasteiger partial charge in [0.1, 0.15) is 11.9 Å². The lowest BCUT2D eigenvalue weighted by molar-refractivity contribution is 0.204. The van der Waals surface area contributed by atoms with E-state index in [1.54, 1.807) is 43.3 Å². The number of aliphatic hydroxyl groups excluding tert-OH is 1. The number of aromatic nitrogens is 2. The van der Waals surface area contributed by atoms with E-state index in [9.17, 15) is 5.11 Å². The molecule has 1 atom stereocenters. The van der Waals surface area contributed by atoms with Crippen molar-refractivity contribution in [1.29, 1.82) is 0 Å². The van der Waals surface area contributed by atoms with Crippen molar-refractivity contribution in [2.75, 3.05) is 14.2 Å². The Morgan fingerprint density at radius 1 is 1.26 bits per heavy atom. The molecule has 0 fully saturated rings. The lowest BCUT2D eigenvalue weighted by atomic mass is 10.1. The monoisotopic (exact) mass is 326 g/mol. The maximum Gasteiger partial charge on any atom is 0.161 e. The normalized spacial score (nSPS) is 12.3. The van der Waals surface area contributed by atoms with Gasteiger partial charge in [-0.3, -0.25) is 0 Å². The molecule has 0 spiro atoms. The number of aliphatic hydroxyl groups is 1. The van der Waals surface area contributed by atoms with Crippen LogP contribution in [-0.2, 0) is 7.05 Å². The molecule has 0 radical (unpaired) electrons. The molecule has 1 N–H and O–H groups in total. The molecule has 1 unspecified atom stereocenters. The molecule has 1 aromatic carbocycles. The predicted octanol–water partition coefficient (Wildman–Crippen LogP) is 2.28. The van der Waals surface area contributed by atoms with Gasteiger partial charge in [0.05, 0.1) is 14.2 Å². The van der Waals surface area contributed by atoms with Gasteiger partial charge in [0.25, 0.3) is 0 Å². The van der Waals surface area contributed by atoms with Crippen molar-refractivity contribution in [3.8, 4) is 11.5 Å². The highest BCUT2D eigenvalue weighted by Crippen LogP contribution is 2.37. The van der Waals surface area contributed by atoms with Crippen molar-refractivity contribution in [2.45, 2.75) is 6.10 Å². The van der Waals surface area contributed by atoms with E-state index in [0.29, 0.717) is 22.9 Å². The summed E-state index contributed by atoms with van der Waals surface area (Å²) in [7, 11) is 4.96. The van der Waals surface area contributed by atoms with E-state index in [1.165, 1.54) is 0 Å². The van der Waals surface area contributed by atoms with Crippen LogP contribution < -0.4 is 9.47 Å². The summed E-state index contributed by atoms with van der Waals surface area (Å²) in [5.74, 6) is 1.73. The first-order valence-corrected chi connectivity index (χ1v) is 6.44. The number of hydrogen-bond donors (Lipinski definition) is 1. The van der Waals surface area contributed by atoms with Gasteiger partial charge in [-0.1, -0.05) is 15.9 Å². The Balaban J connectivity index is 2.48. The zero-order valence-electron chi connectivity index (χ0n) is 10.9. The number of aryl methyl sites for hydroxylation is 1. The van der Waals surface area contributed by atoms with Crippen molar-refractivity contribution in [3.63, 3.8) is 0 Å². The molecule has 2 aromatic rings. The number of nitrogens with zero attached hydrogens (tertiary/aromatic N) is 2. The quantitative estimate of drug-likeness (QED) is 0.936. The minimum atomic E-state index is -0.839. The molecule has 1 aromatic heterocycles. The van der Waals surface area contributed by atoms with Gasteiger partial charge in [0.2, 0.25) is 0 Å². The second-order valence-electron chi connectivity index (χ2n) is 4.03. The van der Waals surface area contributed by atoms with E-state index in [1.807, 2.05) is 7.05 Å². The third-order valence-electron chi connectivity index (χ3n) is 2.90. The largest absolute Gasteiger partial charge is 0.493 e. The minimum absolute atomic E-state index is 0.563. The summed E-state index contributed by atoms with van der Waals surface area (Å²) in [5, 5.41) is 10.4. The van der Waals surface area contributed by atoms with Crippen LogP contribution in [0.5, 0.6) is 11.5 Å². The molecule has 0 amide bonds. The fraction of sp³-hybridized carbons (Fsp3) is 0.308. The van der Waals surface area contributed by atoms with Crippen LogP contribution in [0.1, 0.15) is 17.5 Å². The van der Waals surface area contributed by atoms with Gasteiger partial charge in [-0.15, -0.1) is 0 Å². The zero-order chi connectivity index (χ0) is 14.0. The van der Waals surface area contributed by atoms with Gasteiger partial charge < -0.3 is 19.1 Å². The van der Waals surface area contributed by atoms with E-state index in [4.69, 9.17) is 9.47 Å². The second kappa shape index (κ2) is 5.63. The summed E-state index contributed by atoms with van der Waals surface area (Å²) in [6, 6.07) is 3.50. The predicted molar refractivity (Wildman–Crippen MR) is 74.5 cm³/mol. The third kappa shape index (κ3) is 2.59. The molecule has 0 saturated heterocycles. The topological polar surface area (TPSA) is 56.5 Å². The maximum atomic E-state index is 10.4. The molecule has 0 aliphatic carbocycles. The van der Waals surface area contributed by atoms with Crippen LogP contribution in [0.3, 0.4) is 0 Å². The van der Waals surface area contributed by atoms with Crippen molar-refractivity contribution < 1.29 is 14.6 Å². The highest BCUT2D eigenvalue weighted by Gasteiger charge is 2.20. The number of imidazole rings is 1. The summed E-state index contributed by atoms with van der Waals surface area (Å²) in [5.41, 5.74) is 0.673. The van der Waals surface area contributed by atoms with Gasteiger partial charge in [0, 0.05) is 29.5 Å². The van der Waals surface area contributed by atoms with Gasteiger partial charge in [0.15, 0.2) is 11.5 Å². The molecule has 102 valence electrons. The number of halogens is 1. The molecule has 0 bridgehead atoms. The Morgan fingerprint density at radius 2 is 1.89 bits per heavy atom.